The Kier molecular flexibility index (Phi) is 3.53. The van der Waals surface area contributed by atoms with Gasteiger partial charge in [0, 0.05) is 21.1 Å². The molecule has 0 radical (unpaired) electrons. The van der Waals surface area contributed by atoms with E-state index in [1.165, 1.54) is 0 Å². The number of rotatable bonds is 2. The summed E-state index contributed by atoms with van der Waals surface area (Å²) in [4.78, 5) is 12.4. The van der Waals surface area contributed by atoms with Gasteiger partial charge in [0.15, 0.2) is 11.5 Å². The van der Waals surface area contributed by atoms with Gasteiger partial charge in [0.1, 0.15) is 0 Å². The summed E-state index contributed by atoms with van der Waals surface area (Å²) in [7, 11) is 0. The summed E-state index contributed by atoms with van der Waals surface area (Å²) in [5.74, 6) is 1.20. The molecule has 5 heteroatoms. The molecule has 1 heterocycles. The molecule has 1 aliphatic carbocycles. The molecule has 0 atom stereocenters. The van der Waals surface area contributed by atoms with Crippen molar-refractivity contribution < 1.29 is 14.3 Å². The molecule has 4 rings (SSSR count). The number of nitrogens with one attached hydrogen (secondary N) is 1. The van der Waals surface area contributed by atoms with Gasteiger partial charge in [-0.3, -0.25) is 4.79 Å². The van der Waals surface area contributed by atoms with E-state index in [0.717, 1.165) is 23.0 Å². The van der Waals surface area contributed by atoms with E-state index in [1.807, 2.05) is 30.3 Å². The van der Waals surface area contributed by atoms with Crippen molar-refractivity contribution in [2.45, 2.75) is 12.8 Å². The number of anilines is 1. The fourth-order valence-electron chi connectivity index (χ4n) is 2.59. The lowest BCUT2D eigenvalue weighted by Crippen LogP contribution is -2.17. The molecule has 0 aromatic heterocycles. The maximum Gasteiger partial charge on any atom is 0.255 e. The number of carbonyl (C=O) groups is 1. The molecular weight excluding hydrogens is 358 g/mol. The van der Waals surface area contributed by atoms with Crippen LogP contribution in [0.3, 0.4) is 0 Å². The van der Waals surface area contributed by atoms with Crippen molar-refractivity contribution in [3.8, 4) is 11.5 Å². The van der Waals surface area contributed by atoms with Gasteiger partial charge in [-0.15, -0.1) is 0 Å². The first-order chi connectivity index (χ1) is 11.1. The molecule has 1 fully saturated rings. The Morgan fingerprint density at radius 3 is 2.39 bits per heavy atom. The van der Waals surface area contributed by atoms with Crippen molar-refractivity contribution in [2.75, 3.05) is 18.5 Å². The molecule has 2 aliphatic rings. The van der Waals surface area contributed by atoms with Crippen LogP contribution in [0.4, 0.5) is 5.69 Å². The Hall–Kier alpha value is -2.01. The normalized spacial score (nSPS) is 17.4. The number of halogens is 1. The molecule has 0 bridgehead atoms. The minimum Gasteiger partial charge on any atom is -0.489 e. The van der Waals surface area contributed by atoms with Gasteiger partial charge in [0.25, 0.3) is 5.91 Å². The summed E-state index contributed by atoms with van der Waals surface area (Å²) in [6.07, 6.45) is 2.30. The Morgan fingerprint density at radius 1 is 1.00 bits per heavy atom. The van der Waals surface area contributed by atoms with Gasteiger partial charge in [0.2, 0.25) is 0 Å². The predicted molar refractivity (Wildman–Crippen MR) is 91.2 cm³/mol. The van der Waals surface area contributed by atoms with Gasteiger partial charge < -0.3 is 14.8 Å². The number of benzene rings is 2. The third-order valence-electron chi connectivity index (χ3n) is 4.33. The van der Waals surface area contributed by atoms with Gasteiger partial charge in [-0.05, 0) is 55.3 Å². The molecule has 4 nitrogen and oxygen atoms in total. The number of fused-ring (bicyclic) bond motifs is 1. The lowest BCUT2D eigenvalue weighted by molar-refractivity contribution is 0.102. The van der Waals surface area contributed by atoms with Crippen molar-refractivity contribution in [1.82, 2.24) is 0 Å². The van der Waals surface area contributed by atoms with Crippen molar-refractivity contribution >= 4 is 27.5 Å². The first kappa shape index (κ1) is 14.6. The van der Waals surface area contributed by atoms with E-state index in [4.69, 9.17) is 9.47 Å². The highest BCUT2D eigenvalue weighted by Gasteiger charge is 2.46. The maximum absolute atomic E-state index is 12.4. The van der Waals surface area contributed by atoms with E-state index in [0.29, 0.717) is 30.3 Å². The largest absolute Gasteiger partial charge is 0.489 e. The van der Waals surface area contributed by atoms with Gasteiger partial charge >= 0.3 is 0 Å². The molecule has 1 spiro atoms. The van der Waals surface area contributed by atoms with Crippen LogP contribution in [-0.4, -0.2) is 19.1 Å². The van der Waals surface area contributed by atoms with Crippen LogP contribution in [0.15, 0.2) is 46.9 Å². The standard InChI is InChI=1S/C18H16BrNO3/c19-13-2-4-14(5-3-13)20-17(21)12-1-6-15-16(9-12)23-11-18(7-8-18)10-22-15/h1-6,9H,7-8,10-11H2,(H,20,21). The molecule has 1 saturated carbocycles. The average molecular weight is 374 g/mol. The van der Waals surface area contributed by atoms with E-state index < -0.39 is 0 Å². The summed E-state index contributed by atoms with van der Waals surface area (Å²) in [6.45, 7) is 1.36. The van der Waals surface area contributed by atoms with E-state index in [-0.39, 0.29) is 11.3 Å². The van der Waals surface area contributed by atoms with Crippen molar-refractivity contribution in [3.63, 3.8) is 0 Å². The Balaban J connectivity index is 1.52. The molecule has 1 N–H and O–H groups in total. The zero-order chi connectivity index (χ0) is 15.9. The molecule has 2 aromatic carbocycles. The smallest absolute Gasteiger partial charge is 0.255 e. The van der Waals surface area contributed by atoms with E-state index >= 15 is 0 Å². The lowest BCUT2D eigenvalue weighted by atomic mass is 10.1. The second-order valence-electron chi connectivity index (χ2n) is 6.20. The zero-order valence-corrected chi connectivity index (χ0v) is 14.1. The first-order valence-corrected chi connectivity index (χ1v) is 8.40. The van der Waals surface area contributed by atoms with E-state index in [1.54, 1.807) is 12.1 Å². The average Bonchev–Trinajstić information content (AvgIpc) is 3.36. The summed E-state index contributed by atoms with van der Waals surface area (Å²) < 4.78 is 12.7. The predicted octanol–water partition coefficient (Wildman–Crippen LogP) is 4.25. The van der Waals surface area contributed by atoms with Crippen molar-refractivity contribution in [1.29, 1.82) is 0 Å². The lowest BCUT2D eigenvalue weighted by Gasteiger charge is -2.10. The van der Waals surface area contributed by atoms with Crippen LogP contribution < -0.4 is 14.8 Å². The van der Waals surface area contributed by atoms with Gasteiger partial charge in [0.05, 0.1) is 13.2 Å². The molecule has 1 amide bonds. The molecule has 118 valence electrons. The first-order valence-electron chi connectivity index (χ1n) is 7.60. The second kappa shape index (κ2) is 5.57. The van der Waals surface area contributed by atoms with Crippen molar-refractivity contribution in [2.24, 2.45) is 5.41 Å². The van der Waals surface area contributed by atoms with Gasteiger partial charge in [-0.1, -0.05) is 15.9 Å². The number of ether oxygens (including phenoxy) is 2. The van der Waals surface area contributed by atoms with Crippen LogP contribution in [0.1, 0.15) is 23.2 Å². The molecular formula is C18H16BrNO3. The Bertz CT molecular complexity index is 753. The van der Waals surface area contributed by atoms with Crippen LogP contribution in [0.5, 0.6) is 11.5 Å². The summed E-state index contributed by atoms with van der Waals surface area (Å²) >= 11 is 3.38. The van der Waals surface area contributed by atoms with E-state index in [9.17, 15) is 4.79 Å². The number of amides is 1. The number of carbonyl (C=O) groups excluding carboxylic acids is 1. The third kappa shape index (κ3) is 3.06. The highest BCUT2D eigenvalue weighted by molar-refractivity contribution is 9.10. The summed E-state index contributed by atoms with van der Waals surface area (Å²) in [5, 5.41) is 2.88. The number of hydrogen-bond donors (Lipinski definition) is 1. The van der Waals surface area contributed by atoms with Crippen LogP contribution in [0.2, 0.25) is 0 Å². The third-order valence-corrected chi connectivity index (χ3v) is 4.86. The topological polar surface area (TPSA) is 47.6 Å². The summed E-state index contributed by atoms with van der Waals surface area (Å²) in [6, 6.07) is 12.8. The fourth-order valence-corrected chi connectivity index (χ4v) is 2.85. The van der Waals surface area contributed by atoms with Crippen LogP contribution >= 0.6 is 15.9 Å². The highest BCUT2D eigenvalue weighted by Crippen LogP contribution is 2.49. The molecule has 1 aliphatic heterocycles. The summed E-state index contributed by atoms with van der Waals surface area (Å²) in [5.41, 5.74) is 1.50. The monoisotopic (exact) mass is 373 g/mol. The van der Waals surface area contributed by atoms with Crippen molar-refractivity contribution in [3.05, 3.63) is 52.5 Å². The highest BCUT2D eigenvalue weighted by atomic mass is 79.9. The molecule has 23 heavy (non-hydrogen) atoms. The van der Waals surface area contributed by atoms with E-state index in [2.05, 4.69) is 21.2 Å². The molecule has 0 saturated heterocycles. The quantitative estimate of drug-likeness (QED) is 0.855. The maximum atomic E-state index is 12.4. The Morgan fingerprint density at radius 2 is 1.70 bits per heavy atom. The van der Waals surface area contributed by atoms with Gasteiger partial charge in [-0.2, -0.15) is 0 Å². The molecule has 2 aromatic rings. The van der Waals surface area contributed by atoms with Crippen LogP contribution in [-0.2, 0) is 0 Å². The van der Waals surface area contributed by atoms with Crippen LogP contribution in [0.25, 0.3) is 0 Å². The van der Waals surface area contributed by atoms with Crippen LogP contribution in [0, 0.1) is 5.41 Å². The fraction of sp³-hybridized carbons (Fsp3) is 0.278. The molecule has 0 unspecified atom stereocenters. The minimum absolute atomic E-state index is 0.163. The minimum atomic E-state index is -0.163. The zero-order valence-electron chi connectivity index (χ0n) is 12.5. The number of hydrogen-bond acceptors (Lipinski definition) is 3. The van der Waals surface area contributed by atoms with Gasteiger partial charge in [-0.25, -0.2) is 0 Å². The SMILES string of the molecule is O=C(Nc1ccc(Br)cc1)c1ccc2c(c1)OCC1(CC1)CO2. The Labute approximate surface area is 142 Å². The second-order valence-corrected chi connectivity index (χ2v) is 7.12.